The van der Waals surface area contributed by atoms with Gasteiger partial charge in [0, 0.05) is 5.56 Å². The molecule has 0 radical (unpaired) electrons. The van der Waals surface area contributed by atoms with Crippen molar-refractivity contribution >= 4 is 11.6 Å². The first-order valence-electron chi connectivity index (χ1n) is 6.40. The number of para-hydroxylation sites is 2. The van der Waals surface area contributed by atoms with Crippen LogP contribution >= 0.6 is 0 Å². The van der Waals surface area contributed by atoms with Gasteiger partial charge in [0.2, 0.25) is 0 Å². The summed E-state index contributed by atoms with van der Waals surface area (Å²) < 4.78 is 29.1. The Hall–Kier alpha value is -2.43. The van der Waals surface area contributed by atoms with Crippen LogP contribution in [-0.2, 0) is 0 Å². The summed E-state index contributed by atoms with van der Waals surface area (Å²) in [4.78, 5) is 12.2. The average molecular weight is 291 g/mol. The van der Waals surface area contributed by atoms with Crippen LogP contribution in [0, 0.1) is 13.8 Å². The molecule has 0 aromatic heterocycles. The van der Waals surface area contributed by atoms with Gasteiger partial charge in [0.25, 0.3) is 5.91 Å². The smallest absolute Gasteiger partial charge is 0.387 e. The summed E-state index contributed by atoms with van der Waals surface area (Å²) >= 11 is 0. The lowest BCUT2D eigenvalue weighted by molar-refractivity contribution is -0.0493. The molecule has 21 heavy (non-hydrogen) atoms. The number of anilines is 1. The Bertz CT molecular complexity index is 656. The topological polar surface area (TPSA) is 38.3 Å². The van der Waals surface area contributed by atoms with Crippen LogP contribution < -0.4 is 10.1 Å². The van der Waals surface area contributed by atoms with Crippen molar-refractivity contribution in [2.45, 2.75) is 20.5 Å². The molecule has 0 spiro atoms. The van der Waals surface area contributed by atoms with E-state index in [9.17, 15) is 13.6 Å². The molecule has 0 saturated carbocycles. The normalized spacial score (nSPS) is 10.5. The third-order valence-electron chi connectivity index (χ3n) is 2.98. The van der Waals surface area contributed by atoms with E-state index in [1.807, 2.05) is 26.0 Å². The highest BCUT2D eigenvalue weighted by molar-refractivity contribution is 6.06. The minimum absolute atomic E-state index is 0.0642. The van der Waals surface area contributed by atoms with Crippen molar-refractivity contribution in [2.75, 3.05) is 5.32 Å². The van der Waals surface area contributed by atoms with Crippen LogP contribution in [0.25, 0.3) is 0 Å². The number of ether oxygens (including phenoxy) is 1. The highest BCUT2D eigenvalue weighted by Gasteiger charge is 2.14. The van der Waals surface area contributed by atoms with Crippen molar-refractivity contribution in [1.29, 1.82) is 0 Å². The molecule has 2 rings (SSSR count). The molecule has 1 amide bonds. The van der Waals surface area contributed by atoms with E-state index >= 15 is 0 Å². The van der Waals surface area contributed by atoms with Crippen molar-refractivity contribution in [3.05, 3.63) is 59.2 Å². The third-order valence-corrected chi connectivity index (χ3v) is 2.98. The van der Waals surface area contributed by atoms with Crippen LogP contribution in [0.1, 0.15) is 21.5 Å². The first kappa shape index (κ1) is 15.0. The second-order valence-electron chi connectivity index (χ2n) is 4.65. The van der Waals surface area contributed by atoms with Gasteiger partial charge in [-0.15, -0.1) is 0 Å². The monoisotopic (exact) mass is 291 g/mol. The molecular formula is C16H15F2NO2. The molecule has 0 aliphatic rings. The number of benzene rings is 2. The molecule has 0 saturated heterocycles. The number of carbonyl (C=O) groups excluding carboxylic acids is 1. The van der Waals surface area contributed by atoms with Crippen LogP contribution in [0.3, 0.4) is 0 Å². The summed E-state index contributed by atoms with van der Waals surface area (Å²) in [5.41, 5.74) is 2.57. The standard InChI is InChI=1S/C16H15F2NO2/c1-10-7-8-12(11(2)9-10)15(20)19-13-5-3-4-6-14(13)21-16(17)18/h3-9,16H,1-2H3,(H,19,20). The summed E-state index contributed by atoms with van der Waals surface area (Å²) in [6.07, 6.45) is 0. The van der Waals surface area contributed by atoms with E-state index in [1.54, 1.807) is 18.2 Å². The van der Waals surface area contributed by atoms with Gasteiger partial charge < -0.3 is 10.1 Å². The molecule has 0 heterocycles. The van der Waals surface area contributed by atoms with Crippen LogP contribution in [0.2, 0.25) is 0 Å². The van der Waals surface area contributed by atoms with Crippen molar-refractivity contribution in [3.8, 4) is 5.75 Å². The quantitative estimate of drug-likeness (QED) is 0.918. The molecule has 0 bridgehead atoms. The van der Waals surface area contributed by atoms with Crippen molar-refractivity contribution in [3.63, 3.8) is 0 Å². The maximum Gasteiger partial charge on any atom is 0.387 e. The van der Waals surface area contributed by atoms with Gasteiger partial charge >= 0.3 is 6.61 Å². The lowest BCUT2D eigenvalue weighted by Crippen LogP contribution is -2.15. The van der Waals surface area contributed by atoms with Gasteiger partial charge in [0.15, 0.2) is 0 Å². The number of halogens is 2. The van der Waals surface area contributed by atoms with E-state index in [-0.39, 0.29) is 17.3 Å². The molecule has 0 atom stereocenters. The zero-order valence-corrected chi connectivity index (χ0v) is 11.7. The van der Waals surface area contributed by atoms with Gasteiger partial charge in [-0.25, -0.2) is 0 Å². The highest BCUT2D eigenvalue weighted by Crippen LogP contribution is 2.26. The van der Waals surface area contributed by atoms with E-state index < -0.39 is 6.61 Å². The van der Waals surface area contributed by atoms with E-state index in [1.165, 1.54) is 12.1 Å². The maximum absolute atomic E-state index is 12.3. The van der Waals surface area contributed by atoms with Gasteiger partial charge in [-0.1, -0.05) is 29.8 Å². The lowest BCUT2D eigenvalue weighted by atomic mass is 10.1. The van der Waals surface area contributed by atoms with E-state index in [0.29, 0.717) is 5.56 Å². The minimum Gasteiger partial charge on any atom is -0.433 e. The minimum atomic E-state index is -2.94. The summed E-state index contributed by atoms with van der Waals surface area (Å²) in [6, 6.07) is 11.5. The highest BCUT2D eigenvalue weighted by atomic mass is 19.3. The van der Waals surface area contributed by atoms with Crippen LogP contribution in [0.15, 0.2) is 42.5 Å². The molecule has 1 N–H and O–H groups in total. The average Bonchev–Trinajstić information content (AvgIpc) is 2.40. The second kappa shape index (κ2) is 6.35. The number of alkyl halides is 2. The second-order valence-corrected chi connectivity index (χ2v) is 4.65. The summed E-state index contributed by atoms with van der Waals surface area (Å²) in [6.45, 7) is 0.813. The Balaban J connectivity index is 2.23. The molecular weight excluding hydrogens is 276 g/mol. The van der Waals surface area contributed by atoms with Crippen LogP contribution in [0.4, 0.5) is 14.5 Å². The number of carbonyl (C=O) groups is 1. The number of hydrogen-bond acceptors (Lipinski definition) is 2. The van der Waals surface area contributed by atoms with Gasteiger partial charge in [-0.05, 0) is 37.6 Å². The molecule has 3 nitrogen and oxygen atoms in total. The first-order valence-corrected chi connectivity index (χ1v) is 6.40. The molecule has 0 aliphatic heterocycles. The number of hydrogen-bond donors (Lipinski definition) is 1. The molecule has 5 heteroatoms. The predicted molar refractivity (Wildman–Crippen MR) is 76.9 cm³/mol. The van der Waals surface area contributed by atoms with Crippen LogP contribution in [0.5, 0.6) is 5.75 Å². The van der Waals surface area contributed by atoms with Crippen molar-refractivity contribution in [2.24, 2.45) is 0 Å². The Labute approximate surface area is 121 Å². The lowest BCUT2D eigenvalue weighted by Gasteiger charge is -2.12. The first-order chi connectivity index (χ1) is 9.97. The molecule has 110 valence electrons. The Morgan fingerprint density at radius 3 is 2.52 bits per heavy atom. The largest absolute Gasteiger partial charge is 0.433 e. The molecule has 2 aromatic carbocycles. The van der Waals surface area contributed by atoms with Gasteiger partial charge in [0.1, 0.15) is 5.75 Å². The Kier molecular flexibility index (Phi) is 4.52. The third kappa shape index (κ3) is 3.78. The Morgan fingerprint density at radius 1 is 1.14 bits per heavy atom. The SMILES string of the molecule is Cc1ccc(C(=O)Nc2ccccc2OC(F)F)c(C)c1. The van der Waals surface area contributed by atoms with Crippen molar-refractivity contribution < 1.29 is 18.3 Å². The fraction of sp³-hybridized carbons (Fsp3) is 0.188. The van der Waals surface area contributed by atoms with Gasteiger partial charge in [-0.3, -0.25) is 4.79 Å². The number of rotatable bonds is 4. The number of aryl methyl sites for hydroxylation is 2. The zero-order valence-electron chi connectivity index (χ0n) is 11.7. The fourth-order valence-corrected chi connectivity index (χ4v) is 2.03. The van der Waals surface area contributed by atoms with Gasteiger partial charge in [0.05, 0.1) is 5.69 Å². The summed E-state index contributed by atoms with van der Waals surface area (Å²) in [5.74, 6) is -0.427. The maximum atomic E-state index is 12.3. The van der Waals surface area contributed by atoms with E-state index in [2.05, 4.69) is 10.1 Å². The predicted octanol–water partition coefficient (Wildman–Crippen LogP) is 4.16. The molecule has 0 aliphatic carbocycles. The number of amides is 1. The Morgan fingerprint density at radius 2 is 1.86 bits per heavy atom. The summed E-state index contributed by atoms with van der Waals surface area (Å²) in [7, 11) is 0. The summed E-state index contributed by atoms with van der Waals surface area (Å²) in [5, 5.41) is 2.60. The fourth-order valence-electron chi connectivity index (χ4n) is 2.03. The number of nitrogens with one attached hydrogen (secondary N) is 1. The van der Waals surface area contributed by atoms with E-state index in [0.717, 1.165) is 11.1 Å². The van der Waals surface area contributed by atoms with Gasteiger partial charge in [-0.2, -0.15) is 8.78 Å². The molecule has 0 unspecified atom stereocenters. The molecule has 0 fully saturated rings. The van der Waals surface area contributed by atoms with Crippen molar-refractivity contribution in [1.82, 2.24) is 0 Å². The van der Waals surface area contributed by atoms with E-state index in [4.69, 9.17) is 0 Å². The zero-order chi connectivity index (χ0) is 15.4. The molecule has 2 aromatic rings. The van der Waals surface area contributed by atoms with Crippen LogP contribution in [-0.4, -0.2) is 12.5 Å².